The lowest BCUT2D eigenvalue weighted by Crippen LogP contribution is -2.50. The van der Waals surface area contributed by atoms with Crippen LogP contribution in [-0.4, -0.2) is 9.94 Å². The van der Waals surface area contributed by atoms with Gasteiger partial charge in [-0.25, -0.2) is 8.42 Å². The molecule has 0 bridgehead atoms. The number of hydrogen-bond donors (Lipinski definition) is 0. The average molecular weight is 710 g/mol. The van der Waals surface area contributed by atoms with Crippen LogP contribution in [-0.2, 0) is 9.84 Å². The van der Waals surface area contributed by atoms with Crippen molar-refractivity contribution in [3.8, 4) is 0 Å². The molecule has 0 N–H and O–H groups in total. The van der Waals surface area contributed by atoms with Crippen LogP contribution < -0.4 is 0 Å². The van der Waals surface area contributed by atoms with Crippen molar-refractivity contribution < 1.29 is 8.42 Å². The number of sulfone groups is 1. The van der Waals surface area contributed by atoms with Crippen molar-refractivity contribution in [2.45, 2.75) is 43.1 Å². The number of hydrogen-bond acceptors (Lipinski definition) is 2. The fraction of sp³-hybridized carbons (Fsp3) is 1.00. The molecule has 0 fully saturated rings. The van der Waals surface area contributed by atoms with Gasteiger partial charge >= 0.3 is 0 Å². The summed E-state index contributed by atoms with van der Waals surface area (Å²) < 4.78 is 24.2. The highest BCUT2D eigenvalue weighted by molar-refractivity contribution is 14.2. The summed E-state index contributed by atoms with van der Waals surface area (Å²) in [5.41, 5.74) is -0.639. The van der Waals surface area contributed by atoms with Gasteiger partial charge in [-0.1, -0.05) is 41.5 Å². The van der Waals surface area contributed by atoms with Crippen LogP contribution in [0.15, 0.2) is 0 Å². The molecule has 0 aliphatic rings. The summed E-state index contributed by atoms with van der Waals surface area (Å²) in [6.07, 6.45) is 0. The molecule has 0 heterocycles. The van der Waals surface area contributed by atoms with Gasteiger partial charge in [0.2, 0.25) is 0 Å². The Morgan fingerprint density at radius 3 is 0.941 bits per heavy atom. The summed E-state index contributed by atoms with van der Waals surface area (Å²) >= 11 is 8.32. The Bertz CT molecular complexity index is 354. The van der Waals surface area contributed by atoms with E-state index in [4.69, 9.17) is 0 Å². The third kappa shape index (κ3) is 3.55. The van der Waals surface area contributed by atoms with Crippen molar-refractivity contribution in [2.75, 3.05) is 0 Å². The molecule has 0 saturated carbocycles. The maximum absolute atomic E-state index is 12.9. The van der Waals surface area contributed by atoms with Gasteiger partial charge in [0, 0.05) is 0 Å². The second-order valence-electron chi connectivity index (χ2n) is 6.04. The van der Waals surface area contributed by atoms with Crippen LogP contribution in [0.5, 0.6) is 0 Å². The predicted molar refractivity (Wildman–Crippen MR) is 109 cm³/mol. The fourth-order valence-electron chi connectivity index (χ4n) is 0.967. The molecule has 0 aliphatic carbocycles. The van der Waals surface area contributed by atoms with Gasteiger partial charge in [0.05, 0.1) is 0 Å². The quantitative estimate of drug-likeness (QED) is 0.279. The zero-order chi connectivity index (χ0) is 14.5. The molecule has 0 aromatic rings. The third-order valence-corrected chi connectivity index (χ3v) is 18.4. The molecule has 0 aromatic carbocycles. The SMILES string of the molecule is CC(C)(C)C(I)(I)S(=O)(=O)C(I)(I)C(C)(C)C. The summed E-state index contributed by atoms with van der Waals surface area (Å²) in [6.45, 7) is 11.8. The van der Waals surface area contributed by atoms with Gasteiger partial charge in [-0.05, 0) is 101 Å². The highest BCUT2D eigenvalue weighted by Gasteiger charge is 2.61. The van der Waals surface area contributed by atoms with Crippen molar-refractivity contribution in [1.82, 2.24) is 0 Å². The van der Waals surface area contributed by atoms with E-state index in [1.807, 2.05) is 41.5 Å². The van der Waals surface area contributed by atoms with Crippen LogP contribution in [0.3, 0.4) is 0 Å². The first-order chi connectivity index (χ1) is 7.00. The van der Waals surface area contributed by atoms with Gasteiger partial charge in [0.25, 0.3) is 0 Å². The monoisotopic (exact) mass is 710 g/mol. The maximum atomic E-state index is 12.9. The molecule has 7 heteroatoms. The molecule has 2 nitrogen and oxygen atoms in total. The van der Waals surface area contributed by atoms with E-state index in [1.165, 1.54) is 0 Å². The lowest BCUT2D eigenvalue weighted by atomic mass is 10.00. The highest BCUT2D eigenvalue weighted by Crippen LogP contribution is 2.60. The molecule has 0 atom stereocenters. The Balaban J connectivity index is 5.94. The van der Waals surface area contributed by atoms with E-state index >= 15 is 0 Å². The van der Waals surface area contributed by atoms with E-state index in [-0.39, 0.29) is 10.8 Å². The van der Waals surface area contributed by atoms with Gasteiger partial charge in [-0.15, -0.1) is 0 Å². The van der Waals surface area contributed by atoms with E-state index in [2.05, 4.69) is 90.4 Å². The zero-order valence-electron chi connectivity index (χ0n) is 10.7. The van der Waals surface area contributed by atoms with Gasteiger partial charge in [0.15, 0.2) is 11.4 Å². The average Bonchev–Trinajstić information content (AvgIpc) is 1.98. The first kappa shape index (κ1) is 19.9. The maximum Gasteiger partial charge on any atom is 0.199 e. The molecule has 0 aliphatic heterocycles. The smallest absolute Gasteiger partial charge is 0.199 e. The van der Waals surface area contributed by atoms with Crippen LogP contribution in [0.4, 0.5) is 0 Å². The molecule has 0 rings (SSSR count). The molecule has 0 amide bonds. The summed E-state index contributed by atoms with van der Waals surface area (Å²) in [6, 6.07) is 0. The van der Waals surface area contributed by atoms with Gasteiger partial charge in [0.1, 0.15) is 0 Å². The highest BCUT2D eigenvalue weighted by atomic mass is 127. The predicted octanol–water partition coefficient (Wildman–Crippen LogP) is 5.54. The van der Waals surface area contributed by atoms with Crippen molar-refractivity contribution in [3.05, 3.63) is 0 Å². The standard InChI is InChI=1S/C10H18I4O2S/c1-7(2,3)9(11,12)17(15,16)10(13,14)8(4,5)6/h1-6H3. The molecule has 0 aromatic heterocycles. The molecular weight excluding hydrogens is 692 g/mol. The van der Waals surface area contributed by atoms with Crippen LogP contribution in [0.1, 0.15) is 41.5 Å². The number of halogens is 4. The third-order valence-electron chi connectivity index (χ3n) is 2.42. The van der Waals surface area contributed by atoms with Crippen LogP contribution in [0.25, 0.3) is 0 Å². The van der Waals surface area contributed by atoms with Gasteiger partial charge in [-0.3, -0.25) is 0 Å². The molecular formula is C10H18I4O2S. The van der Waals surface area contributed by atoms with Gasteiger partial charge < -0.3 is 0 Å². The Morgan fingerprint density at radius 1 is 0.647 bits per heavy atom. The minimum atomic E-state index is -3.31. The van der Waals surface area contributed by atoms with Gasteiger partial charge in [-0.2, -0.15) is 0 Å². The largest absolute Gasteiger partial charge is 0.224 e. The molecule has 17 heavy (non-hydrogen) atoms. The molecule has 104 valence electrons. The minimum Gasteiger partial charge on any atom is -0.224 e. The van der Waals surface area contributed by atoms with E-state index in [9.17, 15) is 8.42 Å². The van der Waals surface area contributed by atoms with Crippen molar-refractivity contribution in [2.24, 2.45) is 10.8 Å². The lowest BCUT2D eigenvalue weighted by Gasteiger charge is -2.43. The van der Waals surface area contributed by atoms with Crippen molar-refractivity contribution in [1.29, 1.82) is 0 Å². The number of alkyl halides is 4. The topological polar surface area (TPSA) is 34.1 Å². The number of rotatable bonds is 2. The zero-order valence-corrected chi connectivity index (χ0v) is 20.2. The lowest BCUT2D eigenvalue weighted by molar-refractivity contribution is 0.413. The van der Waals surface area contributed by atoms with Crippen LogP contribution in [0.2, 0.25) is 0 Å². The summed E-state index contributed by atoms with van der Waals surface area (Å²) in [4.78, 5) is 0. The van der Waals surface area contributed by atoms with E-state index < -0.39 is 11.4 Å². The van der Waals surface area contributed by atoms with Crippen LogP contribution >= 0.6 is 90.4 Å². The molecule has 0 unspecified atom stereocenters. The second kappa shape index (κ2) is 5.58. The van der Waals surface area contributed by atoms with Crippen molar-refractivity contribution >= 4 is 100 Å². The normalized spacial score (nSPS) is 16.1. The Morgan fingerprint density at radius 2 is 0.824 bits per heavy atom. The minimum absolute atomic E-state index is 0.320. The van der Waals surface area contributed by atoms with E-state index in [0.29, 0.717) is 0 Å². The summed E-state index contributed by atoms with van der Waals surface area (Å²) in [7, 11) is -3.31. The fourth-order valence-corrected chi connectivity index (χ4v) is 11.9. The first-order valence-corrected chi connectivity index (χ1v) is 10.8. The van der Waals surface area contributed by atoms with Crippen molar-refractivity contribution in [3.63, 3.8) is 0 Å². The Hall–Kier alpha value is 2.87. The molecule has 0 spiro atoms. The molecule has 0 radical (unpaired) electrons. The van der Waals surface area contributed by atoms with E-state index in [0.717, 1.165) is 0 Å². The van der Waals surface area contributed by atoms with E-state index in [1.54, 1.807) is 0 Å². The molecule has 0 saturated heterocycles. The van der Waals surface area contributed by atoms with Crippen LogP contribution in [0, 0.1) is 10.8 Å². The second-order valence-corrected chi connectivity index (χ2v) is 21.8. The Kier molecular flexibility index (Phi) is 6.52. The summed E-state index contributed by atoms with van der Waals surface area (Å²) in [5, 5.41) is 0. The summed E-state index contributed by atoms with van der Waals surface area (Å²) in [5.74, 6) is 0. The Labute approximate surface area is 160 Å². The first-order valence-electron chi connectivity index (χ1n) is 5.00.